The maximum Gasteiger partial charge on any atom is 0.251 e. The minimum Gasteiger partial charge on any atom is -0.347 e. The molecule has 3 heteroatoms. The molecule has 1 amide bonds. The molecule has 2 aromatic carbocycles. The van der Waals surface area contributed by atoms with Crippen LogP contribution in [0.5, 0.6) is 0 Å². The van der Waals surface area contributed by atoms with E-state index in [4.69, 9.17) is 5.73 Å². The van der Waals surface area contributed by atoms with Crippen molar-refractivity contribution in [3.8, 4) is 11.1 Å². The SMILES string of the molecule is NC12C[C@H]3C[C@@H](C1)CC(NC(=O)c1cccc(-c4ccccc4)c1)(C3)C2. The molecule has 0 spiro atoms. The highest BCUT2D eigenvalue weighted by Crippen LogP contribution is 2.56. The molecule has 4 aliphatic carbocycles. The molecule has 4 atom stereocenters. The Labute approximate surface area is 155 Å². The number of benzene rings is 2. The summed E-state index contributed by atoms with van der Waals surface area (Å²) in [5.41, 5.74) is 9.50. The van der Waals surface area contributed by atoms with E-state index in [1.165, 1.54) is 6.42 Å². The summed E-state index contributed by atoms with van der Waals surface area (Å²) in [4.78, 5) is 13.1. The highest BCUT2D eigenvalue weighted by Gasteiger charge is 2.56. The molecule has 6 rings (SSSR count). The first-order valence-electron chi connectivity index (χ1n) is 9.80. The monoisotopic (exact) mass is 346 g/mol. The summed E-state index contributed by atoms with van der Waals surface area (Å²) in [5.74, 6) is 1.43. The quantitative estimate of drug-likeness (QED) is 0.878. The zero-order valence-corrected chi connectivity index (χ0v) is 15.1. The third kappa shape index (κ3) is 2.75. The Bertz CT molecular complexity index is 830. The first-order valence-corrected chi connectivity index (χ1v) is 9.80. The highest BCUT2D eigenvalue weighted by molar-refractivity contribution is 5.96. The molecule has 26 heavy (non-hydrogen) atoms. The number of amides is 1. The predicted octanol–water partition coefficient (Wildman–Crippen LogP) is 4.13. The van der Waals surface area contributed by atoms with Crippen molar-refractivity contribution in [2.75, 3.05) is 0 Å². The highest BCUT2D eigenvalue weighted by atomic mass is 16.1. The molecular formula is C23H26N2O. The Hall–Kier alpha value is -2.13. The first kappa shape index (κ1) is 16.1. The summed E-state index contributed by atoms with van der Waals surface area (Å²) < 4.78 is 0. The summed E-state index contributed by atoms with van der Waals surface area (Å²) >= 11 is 0. The van der Waals surface area contributed by atoms with Crippen molar-refractivity contribution >= 4 is 5.91 Å². The zero-order chi connectivity index (χ0) is 17.8. The summed E-state index contributed by atoms with van der Waals surface area (Å²) in [5, 5.41) is 3.43. The molecule has 0 aromatic heterocycles. The van der Waals surface area contributed by atoms with Crippen molar-refractivity contribution in [1.29, 1.82) is 0 Å². The van der Waals surface area contributed by atoms with Crippen LogP contribution in [0.15, 0.2) is 54.6 Å². The van der Waals surface area contributed by atoms with Gasteiger partial charge in [0.25, 0.3) is 5.91 Å². The van der Waals surface area contributed by atoms with Gasteiger partial charge in [-0.15, -0.1) is 0 Å². The van der Waals surface area contributed by atoms with E-state index in [-0.39, 0.29) is 17.0 Å². The number of carbonyl (C=O) groups is 1. The topological polar surface area (TPSA) is 55.1 Å². The van der Waals surface area contributed by atoms with Gasteiger partial charge in [-0.3, -0.25) is 4.79 Å². The van der Waals surface area contributed by atoms with Crippen LogP contribution in [0.4, 0.5) is 0 Å². The van der Waals surface area contributed by atoms with E-state index in [2.05, 4.69) is 23.5 Å². The van der Waals surface area contributed by atoms with Crippen LogP contribution in [0.1, 0.15) is 48.9 Å². The van der Waals surface area contributed by atoms with Crippen molar-refractivity contribution in [2.24, 2.45) is 17.6 Å². The van der Waals surface area contributed by atoms with E-state index in [1.54, 1.807) is 0 Å². The lowest BCUT2D eigenvalue weighted by Gasteiger charge is -2.61. The van der Waals surface area contributed by atoms with Gasteiger partial charge >= 0.3 is 0 Å². The number of hydrogen-bond donors (Lipinski definition) is 2. The molecule has 3 nitrogen and oxygen atoms in total. The van der Waals surface area contributed by atoms with Crippen molar-refractivity contribution in [2.45, 2.75) is 49.6 Å². The van der Waals surface area contributed by atoms with Crippen molar-refractivity contribution < 1.29 is 4.79 Å². The Morgan fingerprint density at radius 3 is 2.31 bits per heavy atom. The largest absolute Gasteiger partial charge is 0.347 e. The second-order valence-electron chi connectivity index (χ2n) is 9.00. The number of carbonyl (C=O) groups excluding carboxylic acids is 1. The molecule has 2 unspecified atom stereocenters. The fourth-order valence-corrected chi connectivity index (χ4v) is 6.26. The number of hydrogen-bond acceptors (Lipinski definition) is 2. The molecule has 4 saturated carbocycles. The maximum atomic E-state index is 13.1. The number of nitrogens with two attached hydrogens (primary N) is 1. The lowest BCUT2D eigenvalue weighted by Crippen LogP contribution is -2.68. The Kier molecular flexibility index (Phi) is 3.51. The zero-order valence-electron chi connectivity index (χ0n) is 15.1. The van der Waals surface area contributed by atoms with E-state index in [0.717, 1.165) is 48.8 Å². The molecule has 0 radical (unpaired) electrons. The van der Waals surface area contributed by atoms with Gasteiger partial charge in [0.15, 0.2) is 0 Å². The standard InChI is InChI=1S/C23H26N2O/c24-22-11-16-9-17(12-22)14-23(13-16,15-22)25-21(26)20-8-4-7-19(10-20)18-5-2-1-3-6-18/h1-8,10,16-17H,9,11-15,24H2,(H,25,26)/t16-,17+,22?,23?. The third-order valence-corrected chi connectivity index (χ3v) is 6.72. The second kappa shape index (κ2) is 5.68. The van der Waals surface area contributed by atoms with Crippen LogP contribution in [0, 0.1) is 11.8 Å². The van der Waals surface area contributed by atoms with Crippen LogP contribution < -0.4 is 11.1 Å². The van der Waals surface area contributed by atoms with Crippen molar-refractivity contribution in [1.82, 2.24) is 5.32 Å². The average molecular weight is 346 g/mol. The molecule has 0 saturated heterocycles. The molecule has 134 valence electrons. The van der Waals surface area contributed by atoms with E-state index < -0.39 is 0 Å². The molecular weight excluding hydrogens is 320 g/mol. The van der Waals surface area contributed by atoms with Crippen LogP contribution in [0.2, 0.25) is 0 Å². The lowest BCUT2D eigenvalue weighted by atomic mass is 9.50. The molecule has 4 fully saturated rings. The summed E-state index contributed by atoms with van der Waals surface area (Å²) in [6.07, 6.45) is 6.74. The van der Waals surface area contributed by atoms with Crippen LogP contribution in [0.25, 0.3) is 11.1 Å². The van der Waals surface area contributed by atoms with Gasteiger partial charge in [0.05, 0.1) is 0 Å². The van der Waals surface area contributed by atoms with E-state index in [9.17, 15) is 4.79 Å². The van der Waals surface area contributed by atoms with Crippen LogP contribution in [-0.2, 0) is 0 Å². The van der Waals surface area contributed by atoms with Gasteiger partial charge in [0.2, 0.25) is 0 Å². The summed E-state index contributed by atoms with van der Waals surface area (Å²) in [6.45, 7) is 0. The van der Waals surface area contributed by atoms with Gasteiger partial charge in [0.1, 0.15) is 0 Å². The molecule has 4 aliphatic rings. The molecule has 4 bridgehead atoms. The molecule has 3 N–H and O–H groups in total. The maximum absolute atomic E-state index is 13.1. The summed E-state index contributed by atoms with van der Waals surface area (Å²) in [6, 6.07) is 18.2. The minimum absolute atomic E-state index is 0.0494. The Balaban J connectivity index is 1.40. The van der Waals surface area contributed by atoms with Crippen molar-refractivity contribution in [3.05, 3.63) is 60.2 Å². The Morgan fingerprint density at radius 1 is 0.923 bits per heavy atom. The summed E-state index contributed by atoms with van der Waals surface area (Å²) in [7, 11) is 0. The van der Waals surface area contributed by atoms with Gasteiger partial charge < -0.3 is 11.1 Å². The third-order valence-electron chi connectivity index (χ3n) is 6.72. The second-order valence-corrected chi connectivity index (χ2v) is 9.00. The van der Waals surface area contributed by atoms with Gasteiger partial charge in [0, 0.05) is 16.6 Å². The van der Waals surface area contributed by atoms with E-state index >= 15 is 0 Å². The van der Waals surface area contributed by atoms with Crippen LogP contribution >= 0.6 is 0 Å². The van der Waals surface area contributed by atoms with Crippen LogP contribution in [0.3, 0.4) is 0 Å². The van der Waals surface area contributed by atoms with Gasteiger partial charge in [-0.05, 0) is 73.6 Å². The number of rotatable bonds is 3. The average Bonchev–Trinajstić information content (AvgIpc) is 2.60. The molecule has 2 aromatic rings. The smallest absolute Gasteiger partial charge is 0.251 e. The fourth-order valence-electron chi connectivity index (χ4n) is 6.26. The lowest BCUT2D eigenvalue weighted by molar-refractivity contribution is -0.0320. The molecule has 0 aliphatic heterocycles. The van der Waals surface area contributed by atoms with Gasteiger partial charge in [-0.2, -0.15) is 0 Å². The normalized spacial score (nSPS) is 34.7. The predicted molar refractivity (Wildman–Crippen MR) is 104 cm³/mol. The van der Waals surface area contributed by atoms with Crippen LogP contribution in [-0.4, -0.2) is 17.0 Å². The Morgan fingerprint density at radius 2 is 1.62 bits per heavy atom. The minimum atomic E-state index is -0.0847. The van der Waals surface area contributed by atoms with Gasteiger partial charge in [-0.1, -0.05) is 42.5 Å². The fraction of sp³-hybridized carbons (Fsp3) is 0.435. The van der Waals surface area contributed by atoms with E-state index in [1.807, 2.05) is 36.4 Å². The van der Waals surface area contributed by atoms with Gasteiger partial charge in [-0.25, -0.2) is 0 Å². The van der Waals surface area contributed by atoms with E-state index in [0.29, 0.717) is 11.8 Å². The molecule has 0 heterocycles. The number of nitrogens with one attached hydrogen (secondary N) is 1. The first-order chi connectivity index (χ1) is 12.5. The van der Waals surface area contributed by atoms with Crippen molar-refractivity contribution in [3.63, 3.8) is 0 Å².